The molecule has 86 valence electrons. The quantitative estimate of drug-likeness (QED) is 0.765. The van der Waals surface area contributed by atoms with Gasteiger partial charge in [0, 0.05) is 16.3 Å². The molecule has 0 radical (unpaired) electrons. The second-order valence-electron chi connectivity index (χ2n) is 3.70. The molecule has 2 heterocycles. The number of thiazole rings is 1. The number of hydrogen-bond donors (Lipinski definition) is 2. The van der Waals surface area contributed by atoms with Gasteiger partial charge < -0.3 is 10.7 Å². The zero-order valence-electron chi connectivity index (χ0n) is 8.77. The van der Waals surface area contributed by atoms with E-state index in [1.165, 1.54) is 11.3 Å². The highest BCUT2D eigenvalue weighted by Gasteiger charge is 2.06. The summed E-state index contributed by atoms with van der Waals surface area (Å²) < 4.78 is 1.04. The molecular formula is C11H9BrN4S. The van der Waals surface area contributed by atoms with Gasteiger partial charge in [-0.2, -0.15) is 0 Å². The number of nitrogens with zero attached hydrogens (tertiary/aromatic N) is 2. The number of halogens is 1. The number of nitrogens with one attached hydrogen (secondary N) is 1. The molecule has 3 rings (SSSR count). The van der Waals surface area contributed by atoms with Crippen molar-refractivity contribution in [1.82, 2.24) is 15.0 Å². The Morgan fingerprint density at radius 2 is 2.24 bits per heavy atom. The molecular weight excluding hydrogens is 300 g/mol. The first-order valence-corrected chi connectivity index (χ1v) is 6.72. The fraction of sp³-hybridized carbons (Fsp3) is 0.0909. The number of imidazole rings is 1. The first-order chi connectivity index (χ1) is 8.20. The Morgan fingerprint density at radius 3 is 3.00 bits per heavy atom. The zero-order chi connectivity index (χ0) is 11.8. The maximum absolute atomic E-state index is 5.60. The standard InChI is InChI=1S/C11H9BrN4S/c12-6-1-2-8-9(3-6)16-10(15-8)4-7-5-17-11(13)14-7/h1-3,5H,4H2,(H2,13,14)(H,15,16). The van der Waals surface area contributed by atoms with Crippen molar-refractivity contribution >= 4 is 43.4 Å². The molecule has 0 amide bonds. The van der Waals surface area contributed by atoms with E-state index in [-0.39, 0.29) is 0 Å². The highest BCUT2D eigenvalue weighted by atomic mass is 79.9. The highest BCUT2D eigenvalue weighted by molar-refractivity contribution is 9.10. The summed E-state index contributed by atoms with van der Waals surface area (Å²) in [6.45, 7) is 0. The second-order valence-corrected chi connectivity index (χ2v) is 5.50. The SMILES string of the molecule is Nc1nc(Cc2nc3ccc(Br)cc3[nH]2)cs1. The molecule has 4 nitrogen and oxygen atoms in total. The van der Waals surface area contributed by atoms with Crippen LogP contribution in [0.1, 0.15) is 11.5 Å². The maximum atomic E-state index is 5.60. The van der Waals surface area contributed by atoms with Gasteiger partial charge in [0.05, 0.1) is 16.7 Å². The van der Waals surface area contributed by atoms with Gasteiger partial charge in [0.2, 0.25) is 0 Å². The Hall–Kier alpha value is -1.40. The molecule has 0 aliphatic heterocycles. The number of H-pyrrole nitrogens is 1. The average Bonchev–Trinajstić information content (AvgIpc) is 2.84. The summed E-state index contributed by atoms with van der Waals surface area (Å²) in [5.74, 6) is 0.906. The number of benzene rings is 1. The molecule has 1 aromatic carbocycles. The number of nitrogens with two attached hydrogens (primary N) is 1. The Bertz CT molecular complexity index is 673. The van der Waals surface area contributed by atoms with Crippen molar-refractivity contribution in [2.24, 2.45) is 0 Å². The van der Waals surface area contributed by atoms with Crippen LogP contribution in [0, 0.1) is 0 Å². The summed E-state index contributed by atoms with van der Waals surface area (Å²) in [6.07, 6.45) is 0.681. The summed E-state index contributed by atoms with van der Waals surface area (Å²) in [5, 5.41) is 2.55. The molecule has 2 aromatic heterocycles. The van der Waals surface area contributed by atoms with Gasteiger partial charge >= 0.3 is 0 Å². The van der Waals surface area contributed by atoms with E-state index < -0.39 is 0 Å². The molecule has 0 fully saturated rings. The third kappa shape index (κ3) is 2.18. The third-order valence-electron chi connectivity index (χ3n) is 2.41. The van der Waals surface area contributed by atoms with Crippen LogP contribution in [0.25, 0.3) is 11.0 Å². The summed E-state index contributed by atoms with van der Waals surface area (Å²) >= 11 is 4.89. The van der Waals surface area contributed by atoms with E-state index in [0.29, 0.717) is 11.6 Å². The lowest BCUT2D eigenvalue weighted by molar-refractivity contribution is 1.00. The van der Waals surface area contributed by atoms with E-state index in [9.17, 15) is 0 Å². The topological polar surface area (TPSA) is 67.6 Å². The number of fused-ring (bicyclic) bond motifs is 1. The molecule has 6 heteroatoms. The molecule has 0 saturated carbocycles. The number of aromatic amines is 1. The van der Waals surface area contributed by atoms with Crippen LogP contribution in [0.15, 0.2) is 28.1 Å². The normalized spacial score (nSPS) is 11.1. The first-order valence-electron chi connectivity index (χ1n) is 5.05. The molecule has 0 atom stereocenters. The summed E-state index contributed by atoms with van der Waals surface area (Å²) in [7, 11) is 0. The maximum Gasteiger partial charge on any atom is 0.180 e. The van der Waals surface area contributed by atoms with Crippen molar-refractivity contribution in [1.29, 1.82) is 0 Å². The fourth-order valence-corrected chi connectivity index (χ4v) is 2.62. The number of rotatable bonds is 2. The fourth-order valence-electron chi connectivity index (χ4n) is 1.69. The van der Waals surface area contributed by atoms with Crippen LogP contribution in [0.2, 0.25) is 0 Å². The first kappa shape index (κ1) is 10.7. The van der Waals surface area contributed by atoms with Crippen LogP contribution in [-0.2, 0) is 6.42 Å². The Morgan fingerprint density at radius 1 is 1.35 bits per heavy atom. The van der Waals surface area contributed by atoms with E-state index in [2.05, 4.69) is 30.9 Å². The lowest BCUT2D eigenvalue weighted by atomic mass is 10.3. The van der Waals surface area contributed by atoms with Crippen molar-refractivity contribution in [3.05, 3.63) is 39.6 Å². The Balaban J connectivity index is 1.95. The molecule has 0 unspecified atom stereocenters. The van der Waals surface area contributed by atoms with Gasteiger partial charge in [-0.1, -0.05) is 15.9 Å². The van der Waals surface area contributed by atoms with Gasteiger partial charge in [-0.3, -0.25) is 0 Å². The number of anilines is 1. The smallest absolute Gasteiger partial charge is 0.180 e. The van der Waals surface area contributed by atoms with E-state index in [1.807, 2.05) is 23.6 Å². The molecule has 0 bridgehead atoms. The highest BCUT2D eigenvalue weighted by Crippen LogP contribution is 2.19. The predicted molar refractivity (Wildman–Crippen MR) is 73.1 cm³/mol. The molecule has 0 aliphatic rings. The molecule has 3 N–H and O–H groups in total. The molecule has 0 saturated heterocycles. The Labute approximate surface area is 110 Å². The second kappa shape index (κ2) is 4.12. The predicted octanol–water partition coefficient (Wildman–Crippen LogP) is 2.95. The van der Waals surface area contributed by atoms with Crippen molar-refractivity contribution in [2.75, 3.05) is 5.73 Å². The minimum atomic E-state index is 0.596. The zero-order valence-corrected chi connectivity index (χ0v) is 11.2. The van der Waals surface area contributed by atoms with Gasteiger partial charge in [0.1, 0.15) is 5.82 Å². The number of hydrogen-bond acceptors (Lipinski definition) is 4. The lowest BCUT2D eigenvalue weighted by Crippen LogP contribution is -1.91. The van der Waals surface area contributed by atoms with Crippen LogP contribution in [0.5, 0.6) is 0 Å². The minimum absolute atomic E-state index is 0.596. The van der Waals surface area contributed by atoms with E-state index >= 15 is 0 Å². The van der Waals surface area contributed by atoms with Crippen LogP contribution in [0.3, 0.4) is 0 Å². The molecule has 17 heavy (non-hydrogen) atoms. The monoisotopic (exact) mass is 308 g/mol. The van der Waals surface area contributed by atoms with Gasteiger partial charge in [-0.25, -0.2) is 9.97 Å². The van der Waals surface area contributed by atoms with Crippen molar-refractivity contribution in [3.8, 4) is 0 Å². The summed E-state index contributed by atoms with van der Waals surface area (Å²) in [6, 6.07) is 5.98. The Kier molecular flexibility index (Phi) is 2.60. The van der Waals surface area contributed by atoms with Crippen molar-refractivity contribution in [3.63, 3.8) is 0 Å². The van der Waals surface area contributed by atoms with Crippen LogP contribution < -0.4 is 5.73 Å². The molecule has 0 spiro atoms. The van der Waals surface area contributed by atoms with E-state index in [4.69, 9.17) is 5.73 Å². The van der Waals surface area contributed by atoms with Gasteiger partial charge in [0.15, 0.2) is 5.13 Å². The van der Waals surface area contributed by atoms with Crippen molar-refractivity contribution in [2.45, 2.75) is 6.42 Å². The average molecular weight is 309 g/mol. The van der Waals surface area contributed by atoms with E-state index in [1.54, 1.807) is 0 Å². The minimum Gasteiger partial charge on any atom is -0.375 e. The van der Waals surface area contributed by atoms with Crippen LogP contribution in [-0.4, -0.2) is 15.0 Å². The van der Waals surface area contributed by atoms with E-state index in [0.717, 1.165) is 27.0 Å². The van der Waals surface area contributed by atoms with Gasteiger partial charge in [0.25, 0.3) is 0 Å². The van der Waals surface area contributed by atoms with Gasteiger partial charge in [-0.05, 0) is 18.2 Å². The number of aromatic nitrogens is 3. The van der Waals surface area contributed by atoms with Crippen LogP contribution >= 0.6 is 27.3 Å². The summed E-state index contributed by atoms with van der Waals surface area (Å²) in [5.41, 5.74) is 8.54. The van der Waals surface area contributed by atoms with Crippen LogP contribution in [0.4, 0.5) is 5.13 Å². The largest absolute Gasteiger partial charge is 0.375 e. The number of nitrogen functional groups attached to an aromatic ring is 1. The van der Waals surface area contributed by atoms with Gasteiger partial charge in [-0.15, -0.1) is 11.3 Å². The lowest BCUT2D eigenvalue weighted by Gasteiger charge is -1.90. The molecule has 0 aliphatic carbocycles. The summed E-state index contributed by atoms with van der Waals surface area (Å²) in [4.78, 5) is 12.0. The molecule has 3 aromatic rings. The van der Waals surface area contributed by atoms with Crippen molar-refractivity contribution < 1.29 is 0 Å². The third-order valence-corrected chi connectivity index (χ3v) is 3.63.